The molecule has 1 saturated carbocycles. The molecule has 2 fully saturated rings. The van der Waals surface area contributed by atoms with E-state index in [2.05, 4.69) is 5.32 Å². The predicted octanol–water partition coefficient (Wildman–Crippen LogP) is 2.54. The summed E-state index contributed by atoms with van der Waals surface area (Å²) in [5, 5.41) is 3.17. The van der Waals surface area contributed by atoms with E-state index in [1.807, 2.05) is 31.2 Å². The Morgan fingerprint density at radius 3 is 2.15 bits per heavy atom. The van der Waals surface area contributed by atoms with Crippen LogP contribution < -0.4 is 5.32 Å². The number of hydrogen-bond donors (Lipinski definition) is 1. The van der Waals surface area contributed by atoms with Crippen LogP contribution in [0.15, 0.2) is 24.3 Å². The first-order chi connectivity index (χ1) is 9.66. The van der Waals surface area contributed by atoms with Crippen LogP contribution in [-0.4, -0.2) is 23.4 Å². The lowest BCUT2D eigenvalue weighted by atomic mass is 9.81. The lowest BCUT2D eigenvalue weighted by Crippen LogP contribution is -2.35. The first-order valence-corrected chi connectivity index (χ1v) is 7.32. The van der Waals surface area contributed by atoms with Crippen molar-refractivity contribution < 1.29 is 9.59 Å². The first kappa shape index (κ1) is 13.2. The Bertz CT molecular complexity index is 500. The molecule has 1 heterocycles. The van der Waals surface area contributed by atoms with Crippen molar-refractivity contribution in [2.75, 3.05) is 12.0 Å². The van der Waals surface area contributed by atoms with E-state index in [4.69, 9.17) is 0 Å². The molecule has 2 atom stereocenters. The molecule has 2 amide bonds. The zero-order valence-corrected chi connectivity index (χ0v) is 11.8. The van der Waals surface area contributed by atoms with Crippen LogP contribution in [0.2, 0.25) is 0 Å². The zero-order valence-electron chi connectivity index (χ0n) is 11.8. The smallest absolute Gasteiger partial charge is 0.234 e. The van der Waals surface area contributed by atoms with Crippen LogP contribution in [0, 0.1) is 18.8 Å². The fourth-order valence-electron chi connectivity index (χ4n) is 3.23. The molecule has 0 bridgehead atoms. The Morgan fingerprint density at radius 1 is 1.05 bits per heavy atom. The third kappa shape index (κ3) is 2.30. The average Bonchev–Trinajstić information content (AvgIpc) is 2.71. The third-order valence-electron chi connectivity index (χ3n) is 4.43. The van der Waals surface area contributed by atoms with Crippen LogP contribution in [-0.2, 0) is 9.59 Å². The molecule has 1 aromatic carbocycles. The van der Waals surface area contributed by atoms with Gasteiger partial charge in [0.05, 0.1) is 18.5 Å². The van der Waals surface area contributed by atoms with Crippen LogP contribution in [0.5, 0.6) is 0 Å². The van der Waals surface area contributed by atoms with E-state index in [9.17, 15) is 9.59 Å². The Balaban J connectivity index is 1.66. The summed E-state index contributed by atoms with van der Waals surface area (Å²) in [7, 11) is 0. The van der Waals surface area contributed by atoms with Gasteiger partial charge in [-0.3, -0.25) is 14.5 Å². The molecule has 0 spiro atoms. The zero-order chi connectivity index (χ0) is 14.1. The van der Waals surface area contributed by atoms with E-state index in [0.29, 0.717) is 0 Å². The molecule has 0 aromatic heterocycles. The molecule has 106 valence electrons. The summed E-state index contributed by atoms with van der Waals surface area (Å²) >= 11 is 0. The van der Waals surface area contributed by atoms with Crippen molar-refractivity contribution in [2.24, 2.45) is 11.8 Å². The van der Waals surface area contributed by atoms with E-state index >= 15 is 0 Å². The first-order valence-electron chi connectivity index (χ1n) is 7.32. The van der Waals surface area contributed by atoms with Gasteiger partial charge in [0.2, 0.25) is 11.8 Å². The number of carbonyl (C=O) groups is 2. The van der Waals surface area contributed by atoms with Gasteiger partial charge in [-0.15, -0.1) is 0 Å². The molecule has 0 unspecified atom stereocenters. The SMILES string of the molecule is Cc1ccc(NCN2C(=O)[C@H]3CCCC[C@@H]3C2=O)cc1. The number of amides is 2. The Hall–Kier alpha value is -1.84. The summed E-state index contributed by atoms with van der Waals surface area (Å²) in [5.74, 6) is -0.0919. The minimum Gasteiger partial charge on any atom is -0.367 e. The fourth-order valence-corrected chi connectivity index (χ4v) is 3.23. The molecule has 20 heavy (non-hydrogen) atoms. The maximum absolute atomic E-state index is 12.3. The van der Waals surface area contributed by atoms with E-state index in [-0.39, 0.29) is 30.3 Å². The van der Waals surface area contributed by atoms with Crippen LogP contribution in [0.3, 0.4) is 0 Å². The summed E-state index contributed by atoms with van der Waals surface area (Å²) in [5.41, 5.74) is 2.13. The molecule has 2 aliphatic rings. The number of nitrogens with zero attached hydrogens (tertiary/aromatic N) is 1. The molecule has 4 nitrogen and oxygen atoms in total. The lowest BCUT2D eigenvalue weighted by Gasteiger charge is -2.19. The highest BCUT2D eigenvalue weighted by molar-refractivity contribution is 6.05. The van der Waals surface area contributed by atoms with Gasteiger partial charge in [0.15, 0.2) is 0 Å². The summed E-state index contributed by atoms with van der Waals surface area (Å²) < 4.78 is 0. The summed E-state index contributed by atoms with van der Waals surface area (Å²) in [6.07, 6.45) is 3.88. The summed E-state index contributed by atoms with van der Waals surface area (Å²) in [6, 6.07) is 7.95. The fraction of sp³-hybridized carbons (Fsp3) is 0.500. The maximum atomic E-state index is 12.3. The molecule has 1 aliphatic heterocycles. The number of fused-ring (bicyclic) bond motifs is 1. The number of benzene rings is 1. The highest BCUT2D eigenvalue weighted by Crippen LogP contribution is 2.37. The minimum atomic E-state index is -0.0592. The number of likely N-dealkylation sites (tertiary alicyclic amines) is 1. The standard InChI is InChI=1S/C16H20N2O2/c1-11-6-8-12(9-7-11)17-10-18-15(19)13-4-2-3-5-14(13)16(18)20/h6-9,13-14,17H,2-5,10H2,1H3/t13-,14-/m0/s1. The van der Waals surface area contributed by atoms with Gasteiger partial charge in [-0.2, -0.15) is 0 Å². The van der Waals surface area contributed by atoms with Crippen LogP contribution in [0.4, 0.5) is 5.69 Å². The molecule has 3 rings (SSSR count). The third-order valence-corrected chi connectivity index (χ3v) is 4.43. The van der Waals surface area contributed by atoms with Crippen LogP contribution in [0.1, 0.15) is 31.2 Å². The van der Waals surface area contributed by atoms with Gasteiger partial charge in [-0.1, -0.05) is 30.5 Å². The van der Waals surface area contributed by atoms with Gasteiger partial charge in [0.1, 0.15) is 0 Å². The molecule has 1 aliphatic carbocycles. The normalized spacial score (nSPS) is 25.8. The second-order valence-electron chi connectivity index (χ2n) is 5.80. The van der Waals surface area contributed by atoms with Gasteiger partial charge in [0.25, 0.3) is 0 Å². The Labute approximate surface area is 119 Å². The van der Waals surface area contributed by atoms with Gasteiger partial charge >= 0.3 is 0 Å². The number of imide groups is 1. The highest BCUT2D eigenvalue weighted by atomic mass is 16.2. The van der Waals surface area contributed by atoms with E-state index in [0.717, 1.165) is 31.4 Å². The molecule has 4 heteroatoms. The molecule has 1 aromatic rings. The van der Waals surface area contributed by atoms with Crippen molar-refractivity contribution in [3.63, 3.8) is 0 Å². The number of carbonyl (C=O) groups excluding carboxylic acids is 2. The Kier molecular flexibility index (Phi) is 3.47. The molecule has 1 saturated heterocycles. The van der Waals surface area contributed by atoms with Gasteiger partial charge in [0, 0.05) is 5.69 Å². The van der Waals surface area contributed by atoms with E-state index in [1.54, 1.807) is 0 Å². The van der Waals surface area contributed by atoms with Crippen LogP contribution >= 0.6 is 0 Å². The van der Waals surface area contributed by atoms with Gasteiger partial charge in [-0.25, -0.2) is 0 Å². The molecule has 0 radical (unpaired) electrons. The second kappa shape index (κ2) is 5.27. The molecular weight excluding hydrogens is 252 g/mol. The highest BCUT2D eigenvalue weighted by Gasteiger charge is 2.47. The quantitative estimate of drug-likeness (QED) is 0.860. The average molecular weight is 272 g/mol. The lowest BCUT2D eigenvalue weighted by molar-refractivity contribution is -0.139. The second-order valence-corrected chi connectivity index (χ2v) is 5.80. The van der Waals surface area contributed by atoms with Crippen molar-refractivity contribution in [1.29, 1.82) is 0 Å². The topological polar surface area (TPSA) is 49.4 Å². The number of hydrogen-bond acceptors (Lipinski definition) is 3. The van der Waals surface area contributed by atoms with E-state index < -0.39 is 0 Å². The van der Waals surface area contributed by atoms with Crippen molar-refractivity contribution in [1.82, 2.24) is 4.90 Å². The monoisotopic (exact) mass is 272 g/mol. The van der Waals surface area contributed by atoms with Crippen LogP contribution in [0.25, 0.3) is 0 Å². The van der Waals surface area contributed by atoms with Gasteiger partial charge < -0.3 is 5.32 Å². The van der Waals surface area contributed by atoms with Crippen molar-refractivity contribution in [3.05, 3.63) is 29.8 Å². The number of rotatable bonds is 3. The molecular formula is C16H20N2O2. The number of aryl methyl sites for hydroxylation is 1. The number of nitrogens with one attached hydrogen (secondary N) is 1. The largest absolute Gasteiger partial charge is 0.367 e. The Morgan fingerprint density at radius 2 is 1.60 bits per heavy atom. The van der Waals surface area contributed by atoms with Gasteiger partial charge in [-0.05, 0) is 31.9 Å². The number of anilines is 1. The summed E-state index contributed by atoms with van der Waals surface area (Å²) in [6.45, 7) is 2.32. The summed E-state index contributed by atoms with van der Waals surface area (Å²) in [4.78, 5) is 26.0. The maximum Gasteiger partial charge on any atom is 0.234 e. The van der Waals surface area contributed by atoms with Crippen molar-refractivity contribution in [2.45, 2.75) is 32.6 Å². The minimum absolute atomic E-state index is 0.0133. The van der Waals surface area contributed by atoms with Crippen molar-refractivity contribution >= 4 is 17.5 Å². The predicted molar refractivity (Wildman–Crippen MR) is 77.0 cm³/mol. The van der Waals surface area contributed by atoms with Crippen molar-refractivity contribution in [3.8, 4) is 0 Å². The van der Waals surface area contributed by atoms with E-state index in [1.165, 1.54) is 10.5 Å². The molecule has 1 N–H and O–H groups in total.